The number of aromatic nitrogens is 2. The van der Waals surface area contributed by atoms with Crippen molar-refractivity contribution in [1.29, 1.82) is 0 Å². The molecule has 1 aromatic carbocycles. The van der Waals surface area contributed by atoms with Gasteiger partial charge in [0.05, 0.1) is 16.6 Å². The van der Waals surface area contributed by atoms with E-state index >= 15 is 0 Å². The van der Waals surface area contributed by atoms with Crippen LogP contribution < -0.4 is 11.1 Å². The van der Waals surface area contributed by atoms with E-state index in [9.17, 15) is 14.4 Å². The van der Waals surface area contributed by atoms with Crippen molar-refractivity contribution in [3.63, 3.8) is 0 Å². The van der Waals surface area contributed by atoms with E-state index in [0.717, 1.165) is 0 Å². The van der Waals surface area contributed by atoms with Crippen LogP contribution in [0.1, 0.15) is 23.3 Å². The van der Waals surface area contributed by atoms with Gasteiger partial charge in [-0.05, 0) is 31.4 Å². The molecule has 106 valence electrons. The maximum Gasteiger partial charge on any atom is 0.335 e. The molecule has 2 aromatic rings. The summed E-state index contributed by atoms with van der Waals surface area (Å²) in [4.78, 5) is 37.1. The van der Waals surface area contributed by atoms with Gasteiger partial charge < -0.3 is 10.1 Å². The number of aromatic amines is 1. The Morgan fingerprint density at radius 2 is 2.15 bits per heavy atom. The van der Waals surface area contributed by atoms with E-state index in [4.69, 9.17) is 5.11 Å². The molecule has 0 aliphatic rings. The van der Waals surface area contributed by atoms with Gasteiger partial charge in [-0.2, -0.15) is 11.8 Å². The number of hydrogen-bond acceptors (Lipinski definition) is 4. The molecule has 6 nitrogen and oxygen atoms in total. The SMILES string of the molecule is CSCC(C)n1c(=O)c(=O)[nH]c2cc(C(=O)O)ccc21. The highest BCUT2D eigenvalue weighted by Crippen LogP contribution is 2.17. The van der Waals surface area contributed by atoms with E-state index in [1.54, 1.807) is 17.8 Å². The summed E-state index contributed by atoms with van der Waals surface area (Å²) in [6.45, 7) is 1.85. The van der Waals surface area contributed by atoms with Crippen LogP contribution in [0.5, 0.6) is 0 Å². The van der Waals surface area contributed by atoms with E-state index in [-0.39, 0.29) is 11.6 Å². The molecule has 1 unspecified atom stereocenters. The largest absolute Gasteiger partial charge is 0.478 e. The van der Waals surface area contributed by atoms with Gasteiger partial charge in [0, 0.05) is 11.8 Å². The fourth-order valence-electron chi connectivity index (χ4n) is 2.13. The summed E-state index contributed by atoms with van der Waals surface area (Å²) >= 11 is 1.57. The van der Waals surface area contributed by atoms with Crippen molar-refractivity contribution < 1.29 is 9.90 Å². The van der Waals surface area contributed by atoms with E-state index in [0.29, 0.717) is 16.8 Å². The zero-order valence-corrected chi connectivity index (χ0v) is 11.9. The van der Waals surface area contributed by atoms with Crippen LogP contribution in [0.4, 0.5) is 0 Å². The molecule has 2 N–H and O–H groups in total. The normalized spacial score (nSPS) is 12.5. The van der Waals surface area contributed by atoms with Crippen molar-refractivity contribution in [3.8, 4) is 0 Å². The molecule has 0 radical (unpaired) electrons. The highest BCUT2D eigenvalue weighted by atomic mass is 32.2. The van der Waals surface area contributed by atoms with Crippen molar-refractivity contribution in [2.24, 2.45) is 0 Å². The van der Waals surface area contributed by atoms with E-state index in [2.05, 4.69) is 4.98 Å². The third-order valence-electron chi connectivity index (χ3n) is 3.01. The van der Waals surface area contributed by atoms with Crippen LogP contribution in [0.15, 0.2) is 27.8 Å². The van der Waals surface area contributed by atoms with Gasteiger partial charge in [0.15, 0.2) is 0 Å². The number of thioether (sulfide) groups is 1. The zero-order valence-electron chi connectivity index (χ0n) is 11.0. The van der Waals surface area contributed by atoms with Gasteiger partial charge in [-0.3, -0.25) is 14.2 Å². The van der Waals surface area contributed by atoms with Gasteiger partial charge in [0.1, 0.15) is 0 Å². The molecule has 1 heterocycles. The Labute approximate surface area is 118 Å². The minimum absolute atomic E-state index is 0.0656. The summed E-state index contributed by atoms with van der Waals surface area (Å²) in [5, 5.41) is 8.97. The van der Waals surface area contributed by atoms with Crippen molar-refractivity contribution >= 4 is 28.8 Å². The van der Waals surface area contributed by atoms with Crippen molar-refractivity contribution in [3.05, 3.63) is 44.5 Å². The lowest BCUT2D eigenvalue weighted by Gasteiger charge is -2.16. The van der Waals surface area contributed by atoms with Crippen LogP contribution in [-0.2, 0) is 0 Å². The van der Waals surface area contributed by atoms with E-state index < -0.39 is 17.1 Å². The van der Waals surface area contributed by atoms with Gasteiger partial charge in [-0.1, -0.05) is 0 Å². The molecule has 0 saturated heterocycles. The first kappa shape index (κ1) is 14.4. The number of benzene rings is 1. The molecule has 0 saturated carbocycles. The van der Waals surface area contributed by atoms with Crippen molar-refractivity contribution in [2.45, 2.75) is 13.0 Å². The fraction of sp³-hybridized carbons (Fsp3) is 0.308. The van der Waals surface area contributed by atoms with Crippen LogP contribution in [-0.4, -0.2) is 32.6 Å². The number of rotatable bonds is 4. The van der Waals surface area contributed by atoms with E-state index in [1.807, 2.05) is 13.2 Å². The molecular formula is C13H14N2O4S. The minimum Gasteiger partial charge on any atom is -0.478 e. The summed E-state index contributed by atoms with van der Waals surface area (Å²) < 4.78 is 1.41. The molecular weight excluding hydrogens is 280 g/mol. The standard InChI is InChI=1S/C13H14N2O4S/c1-7(6-20-2)15-10-4-3-8(13(18)19)5-9(10)14-11(16)12(15)17/h3-5,7H,6H2,1-2H3,(H,14,16)(H,18,19). The van der Waals surface area contributed by atoms with Crippen molar-refractivity contribution in [1.82, 2.24) is 9.55 Å². The summed E-state index contributed by atoms with van der Waals surface area (Å²) in [5.74, 6) is -0.401. The predicted octanol–water partition coefficient (Wildman–Crippen LogP) is 1.31. The van der Waals surface area contributed by atoms with Gasteiger partial charge in [-0.15, -0.1) is 0 Å². The van der Waals surface area contributed by atoms with Gasteiger partial charge in [0.25, 0.3) is 0 Å². The lowest BCUT2D eigenvalue weighted by Crippen LogP contribution is -2.38. The monoisotopic (exact) mass is 294 g/mol. The number of carboxylic acid groups (broad SMARTS) is 1. The topological polar surface area (TPSA) is 92.2 Å². The third kappa shape index (κ3) is 2.49. The average Bonchev–Trinajstić information content (AvgIpc) is 2.39. The molecule has 0 aliphatic heterocycles. The summed E-state index contributed by atoms with van der Waals surface area (Å²) in [5.41, 5.74) is -0.422. The molecule has 0 spiro atoms. The molecule has 0 amide bonds. The Morgan fingerprint density at radius 1 is 1.45 bits per heavy atom. The Balaban J connectivity index is 2.78. The molecule has 0 fully saturated rings. The molecule has 0 aliphatic carbocycles. The van der Waals surface area contributed by atoms with E-state index in [1.165, 1.54) is 16.7 Å². The molecule has 7 heteroatoms. The third-order valence-corrected chi connectivity index (χ3v) is 3.83. The van der Waals surface area contributed by atoms with Crippen LogP contribution in [0.2, 0.25) is 0 Å². The van der Waals surface area contributed by atoms with Crippen LogP contribution in [0.3, 0.4) is 0 Å². The Bertz CT molecular complexity index is 778. The number of hydrogen-bond donors (Lipinski definition) is 2. The number of carbonyl (C=O) groups is 1. The van der Waals surface area contributed by atoms with Crippen LogP contribution in [0, 0.1) is 0 Å². The van der Waals surface area contributed by atoms with Crippen molar-refractivity contribution in [2.75, 3.05) is 12.0 Å². The molecule has 0 bridgehead atoms. The smallest absolute Gasteiger partial charge is 0.335 e. The molecule has 1 aromatic heterocycles. The first-order valence-corrected chi connectivity index (χ1v) is 7.36. The van der Waals surface area contributed by atoms with Crippen LogP contribution in [0.25, 0.3) is 11.0 Å². The molecule has 20 heavy (non-hydrogen) atoms. The Morgan fingerprint density at radius 3 is 2.75 bits per heavy atom. The maximum atomic E-state index is 12.0. The van der Waals surface area contributed by atoms with Gasteiger partial charge in [0.2, 0.25) is 0 Å². The summed E-state index contributed by atoms with van der Waals surface area (Å²) in [6, 6.07) is 4.18. The summed E-state index contributed by atoms with van der Waals surface area (Å²) in [7, 11) is 0. The number of carboxylic acids is 1. The molecule has 2 rings (SSSR count). The highest BCUT2D eigenvalue weighted by molar-refractivity contribution is 7.98. The highest BCUT2D eigenvalue weighted by Gasteiger charge is 2.14. The second-order valence-corrected chi connectivity index (χ2v) is 5.38. The van der Waals surface area contributed by atoms with Crippen LogP contribution >= 0.6 is 11.8 Å². The first-order valence-electron chi connectivity index (χ1n) is 5.96. The minimum atomic E-state index is -1.08. The van der Waals surface area contributed by atoms with Gasteiger partial charge in [-0.25, -0.2) is 4.79 Å². The number of nitrogens with zero attached hydrogens (tertiary/aromatic N) is 1. The quantitative estimate of drug-likeness (QED) is 0.829. The Hall–Kier alpha value is -2.02. The average molecular weight is 294 g/mol. The lowest BCUT2D eigenvalue weighted by molar-refractivity contribution is 0.0697. The predicted molar refractivity (Wildman–Crippen MR) is 78.9 cm³/mol. The number of fused-ring (bicyclic) bond motifs is 1. The Kier molecular flexibility index (Phi) is 3.99. The maximum absolute atomic E-state index is 12.0. The molecule has 1 atom stereocenters. The second kappa shape index (κ2) is 5.54. The van der Waals surface area contributed by atoms with Gasteiger partial charge >= 0.3 is 17.1 Å². The lowest BCUT2D eigenvalue weighted by atomic mass is 10.2. The zero-order chi connectivity index (χ0) is 14.9. The summed E-state index contributed by atoms with van der Waals surface area (Å²) in [6.07, 6.45) is 1.92. The fourth-order valence-corrected chi connectivity index (χ4v) is 2.76. The number of aromatic carboxylic acids is 1. The second-order valence-electron chi connectivity index (χ2n) is 4.47. The number of nitrogens with one attached hydrogen (secondary N) is 1. The first-order chi connectivity index (χ1) is 9.45. The number of H-pyrrole nitrogens is 1.